The Kier molecular flexibility index (Phi) is 5.53. The summed E-state index contributed by atoms with van der Waals surface area (Å²) in [5.41, 5.74) is 3.92. The molecule has 0 aliphatic rings. The standard InChI is InChI=1S/C22H16Br2N2O4/c1-11-15(20(27)19(24)21(28)18(11)23)10-25-13-6-7-17-16(9-13)26-22(30-17)12-4-3-5-14(8-12)29-2/h3-10,27-28H,1-2H3. The van der Waals surface area contributed by atoms with Crippen LogP contribution >= 0.6 is 31.9 Å². The Hall–Kier alpha value is -2.84. The molecule has 0 saturated heterocycles. The fourth-order valence-corrected chi connectivity index (χ4v) is 4.06. The topological polar surface area (TPSA) is 88.1 Å². The normalized spacial score (nSPS) is 11.5. The molecule has 2 N–H and O–H groups in total. The number of aromatic nitrogens is 1. The lowest BCUT2D eigenvalue weighted by Gasteiger charge is -2.10. The minimum atomic E-state index is -0.0835. The van der Waals surface area contributed by atoms with Crippen LogP contribution in [0.2, 0.25) is 0 Å². The summed E-state index contributed by atoms with van der Waals surface area (Å²) in [5, 5.41) is 20.3. The van der Waals surface area contributed by atoms with Crippen molar-refractivity contribution >= 4 is 54.9 Å². The van der Waals surface area contributed by atoms with Crippen LogP contribution in [0.5, 0.6) is 17.2 Å². The van der Waals surface area contributed by atoms with E-state index in [9.17, 15) is 10.2 Å². The molecule has 0 aliphatic carbocycles. The molecule has 3 aromatic carbocycles. The van der Waals surface area contributed by atoms with Crippen LogP contribution in [0.1, 0.15) is 11.1 Å². The van der Waals surface area contributed by atoms with Gasteiger partial charge in [0, 0.05) is 17.3 Å². The third-order valence-corrected chi connectivity index (χ3v) is 6.36. The van der Waals surface area contributed by atoms with Crippen molar-refractivity contribution in [2.24, 2.45) is 4.99 Å². The smallest absolute Gasteiger partial charge is 0.227 e. The van der Waals surface area contributed by atoms with Gasteiger partial charge >= 0.3 is 0 Å². The second-order valence-corrected chi connectivity index (χ2v) is 8.11. The third kappa shape index (κ3) is 3.68. The number of oxazole rings is 1. The van der Waals surface area contributed by atoms with E-state index >= 15 is 0 Å². The SMILES string of the molecule is COc1cccc(-c2nc3cc(N=Cc4c(C)c(Br)c(O)c(Br)c4O)ccc3o2)c1. The number of phenols is 2. The molecule has 152 valence electrons. The number of methoxy groups -OCH3 is 1. The van der Waals surface area contributed by atoms with Crippen molar-refractivity contribution < 1.29 is 19.4 Å². The maximum absolute atomic E-state index is 10.3. The Morgan fingerprint density at radius 3 is 2.63 bits per heavy atom. The highest BCUT2D eigenvalue weighted by atomic mass is 79.9. The average molecular weight is 532 g/mol. The molecule has 0 unspecified atom stereocenters. The molecule has 0 fully saturated rings. The first kappa shape index (κ1) is 20.4. The van der Waals surface area contributed by atoms with Gasteiger partial charge in [0.1, 0.15) is 27.2 Å². The molecular weight excluding hydrogens is 516 g/mol. The Balaban J connectivity index is 1.70. The van der Waals surface area contributed by atoms with E-state index in [-0.39, 0.29) is 16.0 Å². The van der Waals surface area contributed by atoms with E-state index in [1.807, 2.05) is 24.3 Å². The number of aliphatic imine (C=N–C) groups is 1. The maximum atomic E-state index is 10.3. The highest BCUT2D eigenvalue weighted by Crippen LogP contribution is 2.43. The number of hydrogen-bond donors (Lipinski definition) is 2. The molecule has 30 heavy (non-hydrogen) atoms. The van der Waals surface area contributed by atoms with Gasteiger partial charge in [0.2, 0.25) is 5.89 Å². The summed E-state index contributed by atoms with van der Waals surface area (Å²) in [6, 6.07) is 12.9. The minimum Gasteiger partial charge on any atom is -0.506 e. The Labute approximate surface area is 189 Å². The van der Waals surface area contributed by atoms with E-state index in [1.54, 1.807) is 38.4 Å². The molecule has 8 heteroatoms. The van der Waals surface area contributed by atoms with Crippen LogP contribution in [0, 0.1) is 6.92 Å². The highest BCUT2D eigenvalue weighted by Gasteiger charge is 2.17. The van der Waals surface area contributed by atoms with Gasteiger partial charge in [0.15, 0.2) is 5.58 Å². The van der Waals surface area contributed by atoms with Crippen molar-refractivity contribution in [2.75, 3.05) is 7.11 Å². The number of aromatic hydroxyl groups is 2. The monoisotopic (exact) mass is 530 g/mol. The molecular formula is C22H16Br2N2O4. The molecule has 1 aromatic heterocycles. The van der Waals surface area contributed by atoms with Crippen LogP contribution < -0.4 is 4.74 Å². The zero-order valence-corrected chi connectivity index (χ0v) is 19.2. The second-order valence-electron chi connectivity index (χ2n) is 6.53. The van der Waals surface area contributed by atoms with E-state index in [2.05, 4.69) is 41.8 Å². The van der Waals surface area contributed by atoms with Crippen molar-refractivity contribution in [1.82, 2.24) is 4.98 Å². The number of fused-ring (bicyclic) bond motifs is 1. The lowest BCUT2D eigenvalue weighted by Crippen LogP contribution is -1.92. The van der Waals surface area contributed by atoms with Crippen LogP contribution in [-0.4, -0.2) is 28.5 Å². The molecule has 6 nitrogen and oxygen atoms in total. The molecule has 1 heterocycles. The lowest BCUT2D eigenvalue weighted by atomic mass is 10.1. The number of phenolic OH excluding ortho intramolecular Hbond substituents is 2. The van der Waals surface area contributed by atoms with Gasteiger partial charge in [0.25, 0.3) is 0 Å². The molecule has 4 rings (SSSR count). The molecule has 0 bridgehead atoms. The summed E-state index contributed by atoms with van der Waals surface area (Å²) in [6.07, 6.45) is 1.55. The predicted octanol–water partition coefficient (Wildman–Crippen LogP) is 6.50. The first-order valence-electron chi connectivity index (χ1n) is 8.87. The molecule has 0 radical (unpaired) electrons. The van der Waals surface area contributed by atoms with Gasteiger partial charge in [-0.05, 0) is 80.7 Å². The quantitative estimate of drug-likeness (QED) is 0.293. The van der Waals surface area contributed by atoms with Crippen LogP contribution in [0.4, 0.5) is 5.69 Å². The number of benzene rings is 3. The summed E-state index contributed by atoms with van der Waals surface area (Å²) < 4.78 is 11.8. The molecule has 0 aliphatic heterocycles. The van der Waals surface area contributed by atoms with Gasteiger partial charge in [-0.1, -0.05) is 6.07 Å². The first-order valence-corrected chi connectivity index (χ1v) is 10.5. The van der Waals surface area contributed by atoms with Crippen molar-refractivity contribution in [3.63, 3.8) is 0 Å². The number of rotatable bonds is 4. The number of ether oxygens (including phenoxy) is 1. The van der Waals surface area contributed by atoms with Gasteiger partial charge in [-0.25, -0.2) is 4.98 Å². The zero-order chi connectivity index (χ0) is 21.4. The van der Waals surface area contributed by atoms with E-state index in [4.69, 9.17) is 9.15 Å². The number of hydrogen-bond acceptors (Lipinski definition) is 6. The molecule has 0 atom stereocenters. The van der Waals surface area contributed by atoms with Gasteiger partial charge in [-0.15, -0.1) is 0 Å². The fraction of sp³-hybridized carbons (Fsp3) is 0.0909. The summed E-state index contributed by atoms with van der Waals surface area (Å²) in [7, 11) is 1.61. The van der Waals surface area contributed by atoms with Crippen molar-refractivity contribution in [3.05, 3.63) is 62.5 Å². The number of nitrogens with zero attached hydrogens (tertiary/aromatic N) is 2. The van der Waals surface area contributed by atoms with E-state index in [0.29, 0.717) is 38.3 Å². The van der Waals surface area contributed by atoms with Crippen molar-refractivity contribution in [2.45, 2.75) is 6.92 Å². The van der Waals surface area contributed by atoms with Crippen molar-refractivity contribution in [1.29, 1.82) is 0 Å². The van der Waals surface area contributed by atoms with Crippen LogP contribution in [-0.2, 0) is 0 Å². The van der Waals surface area contributed by atoms with E-state index < -0.39 is 0 Å². The van der Waals surface area contributed by atoms with E-state index in [1.165, 1.54) is 0 Å². The summed E-state index contributed by atoms with van der Waals surface area (Å²) in [6.45, 7) is 1.78. The molecule has 0 saturated carbocycles. The molecule has 0 amide bonds. The third-order valence-electron chi connectivity index (χ3n) is 4.64. The predicted molar refractivity (Wildman–Crippen MR) is 123 cm³/mol. The fourth-order valence-electron chi connectivity index (χ4n) is 2.97. The average Bonchev–Trinajstić information content (AvgIpc) is 3.20. The Morgan fingerprint density at radius 2 is 1.87 bits per heavy atom. The highest BCUT2D eigenvalue weighted by molar-refractivity contribution is 9.11. The Bertz CT molecular complexity index is 1270. The maximum Gasteiger partial charge on any atom is 0.227 e. The summed E-state index contributed by atoms with van der Waals surface area (Å²) >= 11 is 6.51. The Morgan fingerprint density at radius 1 is 1.07 bits per heavy atom. The second kappa shape index (κ2) is 8.12. The molecule has 4 aromatic rings. The summed E-state index contributed by atoms with van der Waals surface area (Å²) in [4.78, 5) is 9.01. The first-order chi connectivity index (χ1) is 14.4. The van der Waals surface area contributed by atoms with Gasteiger partial charge in [-0.2, -0.15) is 0 Å². The minimum absolute atomic E-state index is 0.0590. The lowest BCUT2D eigenvalue weighted by molar-refractivity contribution is 0.415. The van der Waals surface area contributed by atoms with Gasteiger partial charge in [0.05, 0.1) is 17.3 Å². The van der Waals surface area contributed by atoms with Gasteiger partial charge in [-0.3, -0.25) is 4.99 Å². The summed E-state index contributed by atoms with van der Waals surface area (Å²) in [5.74, 6) is 1.07. The van der Waals surface area contributed by atoms with E-state index in [0.717, 1.165) is 11.3 Å². The zero-order valence-electron chi connectivity index (χ0n) is 16.0. The van der Waals surface area contributed by atoms with Gasteiger partial charge < -0.3 is 19.4 Å². The van der Waals surface area contributed by atoms with Crippen LogP contribution in [0.15, 0.2) is 60.8 Å². The largest absolute Gasteiger partial charge is 0.506 e. The number of halogens is 2. The molecule has 0 spiro atoms. The van der Waals surface area contributed by atoms with Crippen LogP contribution in [0.25, 0.3) is 22.6 Å². The van der Waals surface area contributed by atoms with Crippen molar-refractivity contribution in [3.8, 4) is 28.7 Å². The van der Waals surface area contributed by atoms with Crippen LogP contribution in [0.3, 0.4) is 0 Å².